The van der Waals surface area contributed by atoms with Crippen LogP contribution in [0.25, 0.3) is 17.0 Å². The number of nitrogens with zero attached hydrogens (tertiary/aromatic N) is 3. The molecule has 0 aliphatic rings. The number of aryl methyl sites for hydroxylation is 1. The Morgan fingerprint density at radius 3 is 2.89 bits per heavy atom. The van der Waals surface area contributed by atoms with Crippen LogP contribution in [0.5, 0.6) is 0 Å². The molecule has 5 heteroatoms. The maximum Gasteiger partial charge on any atom is 0.182 e. The van der Waals surface area contributed by atoms with Gasteiger partial charge in [0.15, 0.2) is 11.5 Å². The summed E-state index contributed by atoms with van der Waals surface area (Å²) in [5.41, 5.74) is 8.70. The van der Waals surface area contributed by atoms with Gasteiger partial charge in [-0.3, -0.25) is 0 Å². The lowest BCUT2D eigenvalue weighted by Gasteiger charge is -1.98. The minimum atomic E-state index is -0.310. The van der Waals surface area contributed by atoms with E-state index in [-0.39, 0.29) is 5.82 Å². The lowest BCUT2D eigenvalue weighted by atomic mass is 10.2. The monoisotopic (exact) mass is 242 g/mol. The van der Waals surface area contributed by atoms with Crippen molar-refractivity contribution < 1.29 is 4.39 Å². The number of anilines is 1. The van der Waals surface area contributed by atoms with E-state index in [0.29, 0.717) is 22.7 Å². The van der Waals surface area contributed by atoms with Crippen LogP contribution in [-0.2, 0) is 0 Å². The zero-order valence-electron chi connectivity index (χ0n) is 9.76. The van der Waals surface area contributed by atoms with E-state index in [0.717, 1.165) is 5.56 Å². The van der Waals surface area contributed by atoms with Gasteiger partial charge in [-0.05, 0) is 30.7 Å². The normalized spacial score (nSPS) is 11.0. The van der Waals surface area contributed by atoms with E-state index in [9.17, 15) is 4.39 Å². The van der Waals surface area contributed by atoms with E-state index in [1.54, 1.807) is 22.8 Å². The number of benzene rings is 1. The molecule has 3 aromatic rings. The Bertz CT molecular complexity index is 733. The number of nitrogens with two attached hydrogens (primary N) is 1. The molecule has 0 saturated carbocycles. The van der Waals surface area contributed by atoms with E-state index in [1.165, 1.54) is 12.1 Å². The topological polar surface area (TPSA) is 56.2 Å². The zero-order chi connectivity index (χ0) is 12.7. The largest absolute Gasteiger partial charge is 0.395 e. The number of aromatic nitrogens is 3. The summed E-state index contributed by atoms with van der Waals surface area (Å²) in [6.07, 6.45) is 1.79. The van der Waals surface area contributed by atoms with Gasteiger partial charge in [-0.2, -0.15) is 0 Å². The summed E-state index contributed by atoms with van der Waals surface area (Å²) in [4.78, 5) is 4.34. The Labute approximate surface area is 103 Å². The number of fused-ring (bicyclic) bond motifs is 1. The number of pyridine rings is 1. The number of hydrogen-bond acceptors (Lipinski definition) is 3. The molecule has 0 radical (unpaired) electrons. The average Bonchev–Trinajstić information content (AvgIpc) is 2.79. The zero-order valence-corrected chi connectivity index (χ0v) is 9.76. The van der Waals surface area contributed by atoms with Crippen molar-refractivity contribution in [2.45, 2.75) is 6.92 Å². The third-order valence-electron chi connectivity index (χ3n) is 2.85. The molecule has 0 saturated heterocycles. The Morgan fingerprint density at radius 1 is 1.28 bits per heavy atom. The molecule has 18 heavy (non-hydrogen) atoms. The van der Waals surface area contributed by atoms with Crippen LogP contribution in [0.3, 0.4) is 0 Å². The smallest absolute Gasteiger partial charge is 0.182 e. The van der Waals surface area contributed by atoms with Gasteiger partial charge in [0.25, 0.3) is 0 Å². The number of nitrogen functional groups attached to an aromatic ring is 1. The van der Waals surface area contributed by atoms with Gasteiger partial charge in [0.1, 0.15) is 5.82 Å². The van der Waals surface area contributed by atoms with Crippen molar-refractivity contribution in [1.82, 2.24) is 14.6 Å². The van der Waals surface area contributed by atoms with E-state index in [4.69, 9.17) is 5.73 Å². The highest BCUT2D eigenvalue weighted by molar-refractivity contribution is 5.70. The molecule has 90 valence electrons. The van der Waals surface area contributed by atoms with Crippen molar-refractivity contribution in [3.63, 3.8) is 0 Å². The minimum absolute atomic E-state index is 0.310. The number of rotatable bonds is 1. The molecule has 0 aliphatic heterocycles. The fourth-order valence-corrected chi connectivity index (χ4v) is 1.81. The third-order valence-corrected chi connectivity index (χ3v) is 2.85. The molecule has 0 bridgehead atoms. The van der Waals surface area contributed by atoms with Crippen molar-refractivity contribution in [3.05, 3.63) is 47.9 Å². The second kappa shape index (κ2) is 3.80. The lowest BCUT2D eigenvalue weighted by molar-refractivity contribution is 0.628. The summed E-state index contributed by atoms with van der Waals surface area (Å²) in [6, 6.07) is 8.05. The van der Waals surface area contributed by atoms with Gasteiger partial charge in [-0.15, -0.1) is 5.10 Å². The van der Waals surface area contributed by atoms with Crippen molar-refractivity contribution in [2.75, 3.05) is 5.73 Å². The number of halogens is 1. The minimum Gasteiger partial charge on any atom is -0.395 e. The van der Waals surface area contributed by atoms with E-state index in [1.807, 2.05) is 13.0 Å². The molecule has 2 aromatic heterocycles. The molecule has 2 N–H and O–H groups in total. The van der Waals surface area contributed by atoms with E-state index in [2.05, 4.69) is 10.1 Å². The van der Waals surface area contributed by atoms with Crippen LogP contribution in [0.15, 0.2) is 36.5 Å². The second-order valence-electron chi connectivity index (χ2n) is 4.13. The van der Waals surface area contributed by atoms with Gasteiger partial charge < -0.3 is 5.73 Å². The van der Waals surface area contributed by atoms with Gasteiger partial charge in [0.05, 0.1) is 5.69 Å². The summed E-state index contributed by atoms with van der Waals surface area (Å²) < 4.78 is 14.8. The first-order valence-electron chi connectivity index (χ1n) is 5.52. The molecule has 0 amide bonds. The summed E-state index contributed by atoms with van der Waals surface area (Å²) >= 11 is 0. The molecule has 4 nitrogen and oxygen atoms in total. The molecule has 0 spiro atoms. The molecular formula is C13H11FN4. The summed E-state index contributed by atoms with van der Waals surface area (Å²) in [7, 11) is 0. The van der Waals surface area contributed by atoms with Crippen LogP contribution >= 0.6 is 0 Å². The van der Waals surface area contributed by atoms with Crippen molar-refractivity contribution in [2.24, 2.45) is 0 Å². The molecule has 0 fully saturated rings. The molecule has 0 atom stereocenters. The Balaban J connectivity index is 2.23. The maximum absolute atomic E-state index is 13.2. The molecule has 2 heterocycles. The van der Waals surface area contributed by atoms with Gasteiger partial charge in [-0.1, -0.05) is 12.1 Å². The molecule has 0 aliphatic carbocycles. The van der Waals surface area contributed by atoms with Gasteiger partial charge >= 0.3 is 0 Å². The van der Waals surface area contributed by atoms with Crippen LogP contribution in [0.4, 0.5) is 10.1 Å². The van der Waals surface area contributed by atoms with Crippen LogP contribution < -0.4 is 5.73 Å². The fourth-order valence-electron chi connectivity index (χ4n) is 1.81. The highest BCUT2D eigenvalue weighted by atomic mass is 19.1. The van der Waals surface area contributed by atoms with Crippen LogP contribution in [0, 0.1) is 12.7 Å². The predicted molar refractivity (Wildman–Crippen MR) is 67.5 cm³/mol. The number of hydrogen-bond donors (Lipinski definition) is 1. The van der Waals surface area contributed by atoms with Crippen LogP contribution in [-0.4, -0.2) is 14.6 Å². The standard InChI is InChI=1S/C13H11FN4/c1-8-5-6-18-13(11(8)15)16-12(17-18)9-3-2-4-10(14)7-9/h2-7H,15H2,1H3. The third kappa shape index (κ3) is 1.60. The summed E-state index contributed by atoms with van der Waals surface area (Å²) in [6.45, 7) is 1.91. The van der Waals surface area contributed by atoms with Crippen molar-refractivity contribution >= 4 is 11.3 Å². The van der Waals surface area contributed by atoms with Crippen molar-refractivity contribution in [1.29, 1.82) is 0 Å². The first-order valence-corrected chi connectivity index (χ1v) is 5.52. The first kappa shape index (κ1) is 10.7. The fraction of sp³-hybridized carbons (Fsp3) is 0.0769. The molecular weight excluding hydrogens is 231 g/mol. The highest BCUT2D eigenvalue weighted by Gasteiger charge is 2.10. The Kier molecular flexibility index (Phi) is 2.26. The van der Waals surface area contributed by atoms with Gasteiger partial charge in [0.2, 0.25) is 0 Å². The van der Waals surface area contributed by atoms with Crippen LogP contribution in [0.2, 0.25) is 0 Å². The first-order chi connectivity index (χ1) is 8.65. The van der Waals surface area contributed by atoms with Crippen molar-refractivity contribution in [3.8, 4) is 11.4 Å². The van der Waals surface area contributed by atoms with Gasteiger partial charge in [0, 0.05) is 11.8 Å². The Hall–Kier alpha value is -2.43. The molecule has 0 unspecified atom stereocenters. The quantitative estimate of drug-likeness (QED) is 0.713. The maximum atomic E-state index is 13.2. The highest BCUT2D eigenvalue weighted by Crippen LogP contribution is 2.21. The molecule has 1 aromatic carbocycles. The average molecular weight is 242 g/mol. The SMILES string of the molecule is Cc1ccn2nc(-c3cccc(F)c3)nc2c1N. The van der Waals surface area contributed by atoms with Crippen LogP contribution in [0.1, 0.15) is 5.56 Å². The Morgan fingerprint density at radius 2 is 2.11 bits per heavy atom. The van der Waals surface area contributed by atoms with E-state index >= 15 is 0 Å². The molecule has 3 rings (SSSR count). The second-order valence-corrected chi connectivity index (χ2v) is 4.13. The summed E-state index contributed by atoms with van der Waals surface area (Å²) in [5.74, 6) is 0.155. The lowest BCUT2D eigenvalue weighted by Crippen LogP contribution is -1.96. The van der Waals surface area contributed by atoms with Gasteiger partial charge in [-0.25, -0.2) is 13.9 Å². The van der Waals surface area contributed by atoms with E-state index < -0.39 is 0 Å². The summed E-state index contributed by atoms with van der Waals surface area (Å²) in [5, 5.41) is 4.28. The predicted octanol–water partition coefficient (Wildman–Crippen LogP) is 2.43.